The quantitative estimate of drug-likeness (QED) is 0.741. The van der Waals surface area contributed by atoms with E-state index < -0.39 is 36.4 Å². The molecule has 0 unspecified atom stereocenters. The minimum atomic E-state index is -1.11. The third-order valence-corrected chi connectivity index (χ3v) is 4.81. The zero-order valence-corrected chi connectivity index (χ0v) is 15.3. The molecule has 0 spiro atoms. The van der Waals surface area contributed by atoms with E-state index in [1.807, 2.05) is 0 Å². The van der Waals surface area contributed by atoms with Gasteiger partial charge in [0.05, 0.1) is 11.3 Å². The fourth-order valence-electron chi connectivity index (χ4n) is 3.37. The first-order chi connectivity index (χ1) is 13.3. The lowest BCUT2D eigenvalue weighted by molar-refractivity contribution is -0.148. The molecule has 1 atom stereocenters. The van der Waals surface area contributed by atoms with Crippen molar-refractivity contribution in [3.05, 3.63) is 29.8 Å². The summed E-state index contributed by atoms with van der Waals surface area (Å²) in [4.78, 5) is 63.9. The lowest BCUT2D eigenvalue weighted by Crippen LogP contribution is -2.58. The Morgan fingerprint density at radius 1 is 1.14 bits per heavy atom. The van der Waals surface area contributed by atoms with Crippen molar-refractivity contribution in [2.24, 2.45) is 0 Å². The van der Waals surface area contributed by atoms with Gasteiger partial charge in [-0.05, 0) is 19.1 Å². The van der Waals surface area contributed by atoms with Gasteiger partial charge in [-0.3, -0.25) is 29.4 Å². The van der Waals surface area contributed by atoms with Crippen LogP contribution in [0.4, 0.5) is 10.5 Å². The molecule has 0 radical (unpaired) electrons. The van der Waals surface area contributed by atoms with E-state index >= 15 is 0 Å². The fourth-order valence-corrected chi connectivity index (χ4v) is 3.37. The summed E-state index contributed by atoms with van der Waals surface area (Å²) in [5.74, 6) is -2.37. The van der Waals surface area contributed by atoms with E-state index in [0.717, 1.165) is 0 Å². The lowest BCUT2D eigenvalue weighted by atomic mass is 10.1. The Bertz CT molecular complexity index is 854. The minimum absolute atomic E-state index is 0.113. The van der Waals surface area contributed by atoms with E-state index in [-0.39, 0.29) is 37.5 Å². The first kappa shape index (κ1) is 19.3. The highest BCUT2D eigenvalue weighted by Crippen LogP contribution is 2.25. The maximum atomic E-state index is 13.1. The van der Waals surface area contributed by atoms with Gasteiger partial charge in [0.25, 0.3) is 5.91 Å². The molecule has 0 saturated carbocycles. The molecule has 2 aliphatic rings. The second-order valence-electron chi connectivity index (χ2n) is 6.60. The molecular formula is C18H20N4O6. The van der Waals surface area contributed by atoms with Crippen LogP contribution >= 0.6 is 0 Å². The first-order valence-corrected chi connectivity index (χ1v) is 8.81. The number of carbonyl (C=O) groups excluding carboxylic acids is 4. The summed E-state index contributed by atoms with van der Waals surface area (Å²) in [6.45, 7) is 1.57. The second kappa shape index (κ2) is 7.67. The van der Waals surface area contributed by atoms with E-state index in [1.54, 1.807) is 31.2 Å². The number of carboxylic acids is 1. The molecule has 0 aliphatic carbocycles. The third kappa shape index (κ3) is 3.66. The number of benzene rings is 1. The Balaban J connectivity index is 1.84. The zero-order chi connectivity index (χ0) is 20.4. The molecule has 3 rings (SSSR count). The molecule has 2 saturated heterocycles. The summed E-state index contributed by atoms with van der Waals surface area (Å²) in [7, 11) is 0. The Hall–Kier alpha value is -3.43. The average Bonchev–Trinajstić information content (AvgIpc) is 2.65. The zero-order valence-electron chi connectivity index (χ0n) is 15.3. The van der Waals surface area contributed by atoms with Crippen molar-refractivity contribution in [1.29, 1.82) is 0 Å². The molecule has 2 heterocycles. The van der Waals surface area contributed by atoms with Crippen molar-refractivity contribution in [3.63, 3.8) is 0 Å². The summed E-state index contributed by atoms with van der Waals surface area (Å²) in [5.41, 5.74) is 0.587. The van der Waals surface area contributed by atoms with Crippen molar-refractivity contribution in [2.75, 3.05) is 31.1 Å². The van der Waals surface area contributed by atoms with E-state index in [9.17, 15) is 24.0 Å². The standard InChI is InChI=1S/C18H20N4O6/c1-11-16(26)20(10-15(24)25)8-9-21(11)17(27)12-4-2-3-5-13(12)22-7-6-14(23)19-18(22)28/h2-5,11H,6-10H2,1H3,(H,24,25)(H,19,23,28)/t11-/m1/s1. The number of rotatable bonds is 4. The number of anilines is 1. The topological polar surface area (TPSA) is 127 Å². The number of amides is 5. The summed E-state index contributed by atoms with van der Waals surface area (Å²) >= 11 is 0. The van der Waals surface area contributed by atoms with Gasteiger partial charge in [-0.25, -0.2) is 4.79 Å². The normalized spacial score (nSPS) is 20.2. The average molecular weight is 388 g/mol. The summed E-state index contributed by atoms with van der Waals surface area (Å²) in [5, 5.41) is 11.1. The Kier molecular flexibility index (Phi) is 5.30. The largest absolute Gasteiger partial charge is 0.480 e. The van der Waals surface area contributed by atoms with Crippen LogP contribution in [0.5, 0.6) is 0 Å². The molecule has 0 aromatic heterocycles. The Morgan fingerprint density at radius 3 is 2.54 bits per heavy atom. The second-order valence-corrected chi connectivity index (χ2v) is 6.60. The van der Waals surface area contributed by atoms with E-state index in [0.29, 0.717) is 5.69 Å². The molecule has 1 aromatic rings. The predicted molar refractivity (Wildman–Crippen MR) is 96.7 cm³/mol. The van der Waals surface area contributed by atoms with Gasteiger partial charge in [0, 0.05) is 26.1 Å². The number of nitrogens with one attached hydrogen (secondary N) is 1. The van der Waals surface area contributed by atoms with Crippen LogP contribution in [0.2, 0.25) is 0 Å². The van der Waals surface area contributed by atoms with E-state index in [4.69, 9.17) is 5.11 Å². The van der Waals surface area contributed by atoms with Gasteiger partial charge in [-0.2, -0.15) is 0 Å². The predicted octanol–water partition coefficient (Wildman–Crippen LogP) is -0.110. The van der Waals surface area contributed by atoms with Crippen LogP contribution < -0.4 is 10.2 Å². The first-order valence-electron chi connectivity index (χ1n) is 8.81. The van der Waals surface area contributed by atoms with Crippen molar-refractivity contribution in [2.45, 2.75) is 19.4 Å². The van der Waals surface area contributed by atoms with E-state index in [2.05, 4.69) is 5.32 Å². The maximum Gasteiger partial charge on any atom is 0.328 e. The van der Waals surface area contributed by atoms with Crippen molar-refractivity contribution in [1.82, 2.24) is 15.1 Å². The van der Waals surface area contributed by atoms with Gasteiger partial charge in [-0.1, -0.05) is 12.1 Å². The van der Waals surface area contributed by atoms with Crippen LogP contribution in [-0.4, -0.2) is 76.8 Å². The van der Waals surface area contributed by atoms with Gasteiger partial charge in [-0.15, -0.1) is 0 Å². The van der Waals surface area contributed by atoms with Crippen LogP contribution in [0.25, 0.3) is 0 Å². The number of para-hydroxylation sites is 1. The summed E-state index contributed by atoms with van der Waals surface area (Å²) in [6.07, 6.45) is 0.122. The lowest BCUT2D eigenvalue weighted by Gasteiger charge is -2.39. The van der Waals surface area contributed by atoms with Gasteiger partial charge in [0.15, 0.2) is 0 Å². The van der Waals surface area contributed by atoms with Crippen LogP contribution in [-0.2, 0) is 14.4 Å². The molecule has 1 aromatic carbocycles. The van der Waals surface area contributed by atoms with Crippen molar-refractivity contribution >= 4 is 35.4 Å². The molecular weight excluding hydrogens is 368 g/mol. The smallest absolute Gasteiger partial charge is 0.328 e. The number of urea groups is 1. The SMILES string of the molecule is C[C@@H]1C(=O)N(CC(=O)O)CCN1C(=O)c1ccccc1N1CCC(=O)NC1=O. The summed E-state index contributed by atoms with van der Waals surface area (Å²) in [6, 6.07) is 5.06. The molecule has 0 bridgehead atoms. The van der Waals surface area contributed by atoms with Gasteiger partial charge in [0.1, 0.15) is 12.6 Å². The van der Waals surface area contributed by atoms with Gasteiger partial charge in [0.2, 0.25) is 11.8 Å². The third-order valence-electron chi connectivity index (χ3n) is 4.81. The fraction of sp³-hybridized carbons (Fsp3) is 0.389. The number of imide groups is 1. The highest BCUT2D eigenvalue weighted by Gasteiger charge is 2.37. The number of carboxylic acid groups (broad SMARTS) is 1. The highest BCUT2D eigenvalue weighted by atomic mass is 16.4. The van der Waals surface area contributed by atoms with Crippen LogP contribution in [0, 0.1) is 0 Å². The van der Waals surface area contributed by atoms with Crippen molar-refractivity contribution in [3.8, 4) is 0 Å². The molecule has 10 nitrogen and oxygen atoms in total. The number of hydrogen-bond donors (Lipinski definition) is 2. The number of hydrogen-bond acceptors (Lipinski definition) is 5. The molecule has 2 N–H and O–H groups in total. The number of aliphatic carboxylic acids is 1. The minimum Gasteiger partial charge on any atom is -0.480 e. The van der Waals surface area contributed by atoms with Crippen molar-refractivity contribution < 1.29 is 29.1 Å². The molecule has 28 heavy (non-hydrogen) atoms. The molecule has 2 fully saturated rings. The van der Waals surface area contributed by atoms with Crippen LogP contribution in [0.15, 0.2) is 24.3 Å². The highest BCUT2D eigenvalue weighted by molar-refractivity contribution is 6.10. The number of carbonyl (C=O) groups is 5. The Labute approximate surface area is 160 Å². The number of piperazine rings is 1. The van der Waals surface area contributed by atoms with Crippen LogP contribution in [0.1, 0.15) is 23.7 Å². The van der Waals surface area contributed by atoms with E-state index in [1.165, 1.54) is 14.7 Å². The monoisotopic (exact) mass is 388 g/mol. The van der Waals surface area contributed by atoms with Gasteiger partial charge < -0.3 is 14.9 Å². The summed E-state index contributed by atoms with van der Waals surface area (Å²) < 4.78 is 0. The molecule has 2 aliphatic heterocycles. The van der Waals surface area contributed by atoms with Gasteiger partial charge >= 0.3 is 12.0 Å². The molecule has 10 heteroatoms. The number of nitrogens with zero attached hydrogens (tertiary/aromatic N) is 3. The maximum absolute atomic E-state index is 13.1. The molecule has 148 valence electrons. The Morgan fingerprint density at radius 2 is 1.86 bits per heavy atom. The van der Waals surface area contributed by atoms with Crippen LogP contribution in [0.3, 0.4) is 0 Å². The molecule has 5 amide bonds.